The fraction of sp³-hybridized carbons (Fsp3) is 0.111. The van der Waals surface area contributed by atoms with E-state index in [-0.39, 0.29) is 11.1 Å². The number of alkyl halides is 3. The van der Waals surface area contributed by atoms with Crippen LogP contribution in [-0.2, 0) is 6.18 Å². The van der Waals surface area contributed by atoms with Gasteiger partial charge in [0.15, 0.2) is 0 Å². The number of aromatic nitrogens is 3. The van der Waals surface area contributed by atoms with Crippen molar-refractivity contribution in [2.45, 2.75) is 6.18 Å². The third kappa shape index (κ3) is 2.50. The number of methoxy groups -OCH3 is 1. The number of fused-ring (bicyclic) bond motifs is 3. The SMILES string of the molecule is COc1ccc(-n2nc3c4ccc(C(F)(F)F)cc4[nH]cc-3c2=O)cc1. The fourth-order valence-electron chi connectivity index (χ4n) is 2.84. The zero-order chi connectivity index (χ0) is 18.5. The molecule has 2 heterocycles. The van der Waals surface area contributed by atoms with E-state index in [0.717, 1.165) is 12.1 Å². The first-order valence-corrected chi connectivity index (χ1v) is 7.64. The zero-order valence-corrected chi connectivity index (χ0v) is 13.5. The summed E-state index contributed by atoms with van der Waals surface area (Å²) >= 11 is 0. The molecule has 2 aromatic rings. The summed E-state index contributed by atoms with van der Waals surface area (Å²) in [4.78, 5) is 15.4. The van der Waals surface area contributed by atoms with Gasteiger partial charge in [0.2, 0.25) is 0 Å². The Hall–Kier alpha value is -3.29. The first-order chi connectivity index (χ1) is 12.4. The van der Waals surface area contributed by atoms with Gasteiger partial charge in [-0.3, -0.25) is 4.79 Å². The van der Waals surface area contributed by atoms with Crippen molar-refractivity contribution in [3.8, 4) is 22.7 Å². The molecule has 0 amide bonds. The number of H-pyrrole nitrogens is 1. The van der Waals surface area contributed by atoms with Gasteiger partial charge in [0.1, 0.15) is 11.4 Å². The summed E-state index contributed by atoms with van der Waals surface area (Å²) in [7, 11) is 1.54. The lowest BCUT2D eigenvalue weighted by Gasteiger charge is -2.08. The van der Waals surface area contributed by atoms with E-state index < -0.39 is 11.7 Å². The van der Waals surface area contributed by atoms with Gasteiger partial charge in [-0.1, -0.05) is 6.07 Å². The molecule has 0 saturated heterocycles. The van der Waals surface area contributed by atoms with Crippen molar-refractivity contribution in [2.75, 3.05) is 7.11 Å². The third-order valence-corrected chi connectivity index (χ3v) is 4.17. The molecular weight excluding hydrogens is 347 g/mol. The van der Waals surface area contributed by atoms with Crippen LogP contribution >= 0.6 is 0 Å². The summed E-state index contributed by atoms with van der Waals surface area (Å²) in [5, 5.41) is 4.76. The van der Waals surface area contributed by atoms with Crippen molar-refractivity contribution in [3.63, 3.8) is 0 Å². The van der Waals surface area contributed by atoms with Gasteiger partial charge in [-0.2, -0.15) is 23.0 Å². The van der Waals surface area contributed by atoms with E-state index in [9.17, 15) is 18.0 Å². The smallest absolute Gasteiger partial charge is 0.416 e. The fourth-order valence-corrected chi connectivity index (χ4v) is 2.84. The highest BCUT2D eigenvalue weighted by atomic mass is 19.4. The lowest BCUT2D eigenvalue weighted by atomic mass is 10.1. The molecule has 0 fully saturated rings. The second-order valence-corrected chi connectivity index (χ2v) is 5.72. The highest BCUT2D eigenvalue weighted by Crippen LogP contribution is 2.33. The Labute approximate surface area is 145 Å². The minimum absolute atomic E-state index is 0.256. The van der Waals surface area contributed by atoms with E-state index in [0.29, 0.717) is 28.1 Å². The van der Waals surface area contributed by atoms with Crippen LogP contribution in [0.4, 0.5) is 13.2 Å². The second kappa shape index (κ2) is 5.62. The van der Waals surface area contributed by atoms with Crippen LogP contribution in [0.2, 0.25) is 0 Å². The molecule has 0 atom stereocenters. The maximum Gasteiger partial charge on any atom is 0.416 e. The van der Waals surface area contributed by atoms with E-state index in [1.54, 1.807) is 24.3 Å². The number of halogens is 3. The molecule has 0 spiro atoms. The molecule has 0 bridgehead atoms. The average molecular weight is 359 g/mol. The van der Waals surface area contributed by atoms with E-state index in [1.165, 1.54) is 24.1 Å². The van der Waals surface area contributed by atoms with Crippen molar-refractivity contribution in [1.82, 2.24) is 14.8 Å². The van der Waals surface area contributed by atoms with E-state index in [4.69, 9.17) is 4.74 Å². The van der Waals surface area contributed by atoms with Gasteiger partial charge >= 0.3 is 6.18 Å². The van der Waals surface area contributed by atoms with Crippen LogP contribution in [0.1, 0.15) is 5.56 Å². The molecule has 132 valence electrons. The summed E-state index contributed by atoms with van der Waals surface area (Å²) in [6, 6.07) is 10.1. The van der Waals surface area contributed by atoms with E-state index in [1.807, 2.05) is 0 Å². The van der Waals surface area contributed by atoms with E-state index >= 15 is 0 Å². The molecule has 26 heavy (non-hydrogen) atoms. The quantitative estimate of drug-likeness (QED) is 0.591. The largest absolute Gasteiger partial charge is 0.497 e. The second-order valence-electron chi connectivity index (χ2n) is 5.72. The van der Waals surface area contributed by atoms with Crippen molar-refractivity contribution in [3.05, 3.63) is 64.6 Å². The van der Waals surface area contributed by atoms with Crippen LogP contribution in [0.3, 0.4) is 0 Å². The topological polar surface area (TPSA) is 59.9 Å². The van der Waals surface area contributed by atoms with Gasteiger partial charge in [-0.25, -0.2) is 0 Å². The number of benzene rings is 2. The Morgan fingerprint density at radius 1 is 1.12 bits per heavy atom. The monoisotopic (exact) mass is 359 g/mol. The predicted molar refractivity (Wildman–Crippen MR) is 89.9 cm³/mol. The molecule has 2 aromatic carbocycles. The standard InChI is InChI=1S/C18H12F3N3O2/c1-26-12-5-3-11(4-6-12)24-17(25)14-9-22-15-8-10(18(19,20)21)2-7-13(15)16(14)23-24/h2-9,22H,1H3. The zero-order valence-electron chi connectivity index (χ0n) is 13.5. The van der Waals surface area contributed by atoms with Crippen LogP contribution in [-0.4, -0.2) is 21.9 Å². The van der Waals surface area contributed by atoms with Crippen molar-refractivity contribution in [2.24, 2.45) is 0 Å². The molecule has 0 radical (unpaired) electrons. The average Bonchev–Trinajstić information content (AvgIpc) is 2.98. The number of nitrogens with zero attached hydrogens (tertiary/aromatic N) is 2. The minimum Gasteiger partial charge on any atom is -0.497 e. The molecule has 0 aliphatic carbocycles. The Morgan fingerprint density at radius 2 is 1.85 bits per heavy atom. The number of nitrogens with one attached hydrogen (secondary N) is 1. The Balaban J connectivity index is 1.92. The number of pyridine rings is 1. The molecular formula is C18H12F3N3O2. The lowest BCUT2D eigenvalue weighted by molar-refractivity contribution is -0.137. The maximum absolute atomic E-state index is 12.9. The van der Waals surface area contributed by atoms with Crippen LogP contribution in [0.25, 0.3) is 27.8 Å². The maximum atomic E-state index is 12.9. The third-order valence-electron chi connectivity index (χ3n) is 4.17. The van der Waals surface area contributed by atoms with Gasteiger partial charge in [-0.15, -0.1) is 0 Å². The minimum atomic E-state index is -4.44. The van der Waals surface area contributed by atoms with Crippen molar-refractivity contribution in [1.29, 1.82) is 0 Å². The molecule has 0 aromatic heterocycles. The first kappa shape index (κ1) is 16.2. The molecule has 2 aliphatic rings. The molecule has 0 saturated carbocycles. The molecule has 4 rings (SSSR count). The van der Waals surface area contributed by atoms with Crippen LogP contribution in [0, 0.1) is 0 Å². The van der Waals surface area contributed by atoms with Gasteiger partial charge in [0, 0.05) is 17.1 Å². The number of aromatic amines is 1. The Kier molecular flexibility index (Phi) is 3.50. The number of hydrogen-bond donors (Lipinski definition) is 1. The van der Waals surface area contributed by atoms with Crippen LogP contribution in [0.5, 0.6) is 5.75 Å². The number of ether oxygens (including phenoxy) is 1. The molecule has 1 N–H and O–H groups in total. The van der Waals surface area contributed by atoms with Crippen molar-refractivity contribution < 1.29 is 17.9 Å². The van der Waals surface area contributed by atoms with Gasteiger partial charge in [0.25, 0.3) is 5.56 Å². The highest BCUT2D eigenvalue weighted by molar-refractivity contribution is 5.93. The first-order valence-electron chi connectivity index (χ1n) is 7.64. The summed E-state index contributed by atoms with van der Waals surface area (Å²) in [5.41, 5.74) is 0.306. The number of rotatable bonds is 2. The van der Waals surface area contributed by atoms with Gasteiger partial charge in [-0.05, 0) is 36.4 Å². The summed E-state index contributed by atoms with van der Waals surface area (Å²) < 4.78 is 45.0. The molecule has 2 aliphatic heterocycles. The molecule has 0 unspecified atom stereocenters. The van der Waals surface area contributed by atoms with Crippen molar-refractivity contribution >= 4 is 10.9 Å². The summed E-state index contributed by atoms with van der Waals surface area (Å²) in [6.45, 7) is 0. The summed E-state index contributed by atoms with van der Waals surface area (Å²) in [5.74, 6) is 0.636. The number of hydrogen-bond acceptors (Lipinski definition) is 3. The van der Waals surface area contributed by atoms with Crippen LogP contribution in [0.15, 0.2) is 53.5 Å². The Bertz CT molecular complexity index is 1130. The van der Waals surface area contributed by atoms with Gasteiger partial charge in [0.05, 0.1) is 23.9 Å². The predicted octanol–water partition coefficient (Wildman–Crippen LogP) is 3.85. The van der Waals surface area contributed by atoms with Gasteiger partial charge < -0.3 is 9.72 Å². The molecule has 5 nitrogen and oxygen atoms in total. The lowest BCUT2D eigenvalue weighted by Crippen LogP contribution is -2.14. The normalized spacial score (nSPS) is 12.0. The Morgan fingerprint density at radius 3 is 2.50 bits per heavy atom. The highest BCUT2D eigenvalue weighted by Gasteiger charge is 2.31. The van der Waals surface area contributed by atoms with E-state index in [2.05, 4.69) is 10.1 Å². The molecule has 8 heteroatoms. The van der Waals surface area contributed by atoms with Crippen LogP contribution < -0.4 is 10.3 Å². The summed E-state index contributed by atoms with van der Waals surface area (Å²) in [6.07, 6.45) is -3.06.